The highest BCUT2D eigenvalue weighted by Gasteiger charge is 2.25. The number of aromatic nitrogens is 1. The number of nitrogens with zero attached hydrogens (tertiary/aromatic N) is 3. The lowest BCUT2D eigenvalue weighted by atomic mass is 10.1. The van der Waals surface area contributed by atoms with Crippen LogP contribution in [-0.2, 0) is 4.79 Å². The molecule has 1 fully saturated rings. The standard InChI is InChI=1S/C16H23N3OS/c1-2-13-3-7-18(11-13)12-15(20)19-8-4-14(5-9-19)16-17-6-10-21-16/h4,6,10,13H,2-3,5,7-9,11-12H2,1H3. The van der Waals surface area contributed by atoms with Gasteiger partial charge in [0.1, 0.15) is 5.01 Å². The van der Waals surface area contributed by atoms with E-state index in [2.05, 4.69) is 22.9 Å². The van der Waals surface area contributed by atoms with Gasteiger partial charge in [0.25, 0.3) is 0 Å². The number of thiazole rings is 1. The van der Waals surface area contributed by atoms with Crippen LogP contribution in [0, 0.1) is 5.92 Å². The zero-order valence-corrected chi connectivity index (χ0v) is 13.4. The van der Waals surface area contributed by atoms with Crippen LogP contribution >= 0.6 is 11.3 Å². The average Bonchev–Trinajstić information content (AvgIpc) is 3.19. The van der Waals surface area contributed by atoms with Crippen LogP contribution in [0.15, 0.2) is 17.7 Å². The summed E-state index contributed by atoms with van der Waals surface area (Å²) in [4.78, 5) is 21.0. The smallest absolute Gasteiger partial charge is 0.237 e. The van der Waals surface area contributed by atoms with E-state index in [1.807, 2.05) is 16.5 Å². The average molecular weight is 305 g/mol. The predicted molar refractivity (Wildman–Crippen MR) is 86.1 cm³/mol. The third kappa shape index (κ3) is 3.52. The number of amides is 1. The van der Waals surface area contributed by atoms with Crippen molar-refractivity contribution >= 4 is 22.8 Å². The Morgan fingerprint density at radius 2 is 2.38 bits per heavy atom. The first-order valence-electron chi connectivity index (χ1n) is 7.85. The quantitative estimate of drug-likeness (QED) is 0.857. The van der Waals surface area contributed by atoms with Gasteiger partial charge in [0.15, 0.2) is 0 Å². The molecule has 0 bridgehead atoms. The maximum absolute atomic E-state index is 12.4. The summed E-state index contributed by atoms with van der Waals surface area (Å²) in [5.74, 6) is 1.07. The lowest BCUT2D eigenvalue weighted by molar-refractivity contribution is -0.131. The third-order valence-electron chi connectivity index (χ3n) is 4.58. The molecular weight excluding hydrogens is 282 g/mol. The van der Waals surface area contributed by atoms with Gasteiger partial charge in [-0.15, -0.1) is 11.3 Å². The predicted octanol–water partition coefficient (Wildman–Crippen LogP) is 2.49. The molecule has 0 radical (unpaired) electrons. The summed E-state index contributed by atoms with van der Waals surface area (Å²) in [6, 6.07) is 0. The summed E-state index contributed by atoms with van der Waals surface area (Å²) < 4.78 is 0. The molecule has 21 heavy (non-hydrogen) atoms. The highest BCUT2D eigenvalue weighted by Crippen LogP contribution is 2.24. The SMILES string of the molecule is CCC1CCN(CC(=O)N2CC=C(c3nccs3)CC2)C1. The summed E-state index contributed by atoms with van der Waals surface area (Å²) >= 11 is 1.68. The van der Waals surface area contributed by atoms with Crippen LogP contribution in [0.4, 0.5) is 0 Å². The van der Waals surface area contributed by atoms with Crippen molar-refractivity contribution in [2.45, 2.75) is 26.2 Å². The largest absolute Gasteiger partial charge is 0.338 e. The van der Waals surface area contributed by atoms with Crippen molar-refractivity contribution in [1.29, 1.82) is 0 Å². The lowest BCUT2D eigenvalue weighted by Crippen LogP contribution is -2.41. The van der Waals surface area contributed by atoms with Crippen molar-refractivity contribution in [3.05, 3.63) is 22.7 Å². The van der Waals surface area contributed by atoms with E-state index < -0.39 is 0 Å². The molecule has 2 aliphatic heterocycles. The van der Waals surface area contributed by atoms with Crippen molar-refractivity contribution in [1.82, 2.24) is 14.8 Å². The first-order valence-corrected chi connectivity index (χ1v) is 8.73. The van der Waals surface area contributed by atoms with E-state index in [4.69, 9.17) is 0 Å². The molecule has 1 aromatic heterocycles. The maximum Gasteiger partial charge on any atom is 0.237 e. The van der Waals surface area contributed by atoms with Crippen LogP contribution in [0.25, 0.3) is 5.57 Å². The number of carbonyl (C=O) groups is 1. The summed E-state index contributed by atoms with van der Waals surface area (Å²) in [7, 11) is 0. The molecule has 1 amide bonds. The second-order valence-corrected chi connectivity index (χ2v) is 6.85. The molecule has 3 heterocycles. The number of hydrogen-bond donors (Lipinski definition) is 0. The van der Waals surface area contributed by atoms with E-state index in [1.165, 1.54) is 18.4 Å². The molecule has 1 aromatic rings. The Balaban J connectivity index is 1.51. The van der Waals surface area contributed by atoms with Gasteiger partial charge < -0.3 is 4.90 Å². The third-order valence-corrected chi connectivity index (χ3v) is 5.42. The first-order chi connectivity index (χ1) is 10.3. The Bertz CT molecular complexity index is 512. The molecule has 1 saturated heterocycles. The Kier molecular flexibility index (Phi) is 4.70. The van der Waals surface area contributed by atoms with Gasteiger partial charge in [-0.3, -0.25) is 9.69 Å². The van der Waals surface area contributed by atoms with Crippen LogP contribution in [0.5, 0.6) is 0 Å². The zero-order valence-electron chi connectivity index (χ0n) is 12.6. The fourth-order valence-electron chi connectivity index (χ4n) is 3.15. The highest BCUT2D eigenvalue weighted by atomic mass is 32.1. The minimum Gasteiger partial charge on any atom is -0.338 e. The molecule has 0 spiro atoms. The first kappa shape index (κ1) is 14.7. The van der Waals surface area contributed by atoms with E-state index in [0.717, 1.165) is 43.5 Å². The molecule has 5 heteroatoms. The van der Waals surface area contributed by atoms with Gasteiger partial charge in [-0.1, -0.05) is 19.4 Å². The number of hydrogen-bond acceptors (Lipinski definition) is 4. The van der Waals surface area contributed by atoms with Crippen molar-refractivity contribution in [3.8, 4) is 0 Å². The van der Waals surface area contributed by atoms with Crippen LogP contribution in [-0.4, -0.2) is 53.4 Å². The van der Waals surface area contributed by atoms with Gasteiger partial charge in [0.2, 0.25) is 5.91 Å². The van der Waals surface area contributed by atoms with Gasteiger partial charge >= 0.3 is 0 Å². The molecule has 3 rings (SSSR count). The van der Waals surface area contributed by atoms with Crippen molar-refractivity contribution in [2.24, 2.45) is 5.92 Å². The second kappa shape index (κ2) is 6.71. The summed E-state index contributed by atoms with van der Waals surface area (Å²) in [5.41, 5.74) is 1.29. The van der Waals surface area contributed by atoms with E-state index in [0.29, 0.717) is 6.54 Å². The second-order valence-electron chi connectivity index (χ2n) is 5.95. The Labute approximate surface area is 130 Å². The van der Waals surface area contributed by atoms with Crippen LogP contribution in [0.3, 0.4) is 0 Å². The molecular formula is C16H23N3OS. The molecule has 4 nitrogen and oxygen atoms in total. The molecule has 0 aromatic carbocycles. The van der Waals surface area contributed by atoms with Crippen LogP contribution in [0.2, 0.25) is 0 Å². The molecule has 1 unspecified atom stereocenters. The number of likely N-dealkylation sites (tertiary alicyclic amines) is 1. The molecule has 2 aliphatic rings. The zero-order chi connectivity index (χ0) is 14.7. The van der Waals surface area contributed by atoms with Crippen molar-refractivity contribution in [3.63, 3.8) is 0 Å². The number of rotatable bonds is 4. The summed E-state index contributed by atoms with van der Waals surface area (Å²) in [6.45, 7) is 6.57. The van der Waals surface area contributed by atoms with Crippen molar-refractivity contribution in [2.75, 3.05) is 32.7 Å². The minimum atomic E-state index is 0.279. The van der Waals surface area contributed by atoms with Gasteiger partial charge in [-0.25, -0.2) is 4.98 Å². The normalized spacial score (nSPS) is 23.4. The van der Waals surface area contributed by atoms with Crippen molar-refractivity contribution < 1.29 is 4.79 Å². The molecule has 0 aliphatic carbocycles. The lowest BCUT2D eigenvalue weighted by Gasteiger charge is -2.28. The molecule has 1 atom stereocenters. The molecule has 0 saturated carbocycles. The monoisotopic (exact) mass is 305 g/mol. The van der Waals surface area contributed by atoms with Crippen LogP contribution in [0.1, 0.15) is 31.2 Å². The van der Waals surface area contributed by atoms with E-state index in [1.54, 1.807) is 11.3 Å². The summed E-state index contributed by atoms with van der Waals surface area (Å²) in [5, 5.41) is 3.11. The van der Waals surface area contributed by atoms with E-state index in [9.17, 15) is 4.79 Å². The topological polar surface area (TPSA) is 36.4 Å². The van der Waals surface area contributed by atoms with Gasteiger partial charge in [0, 0.05) is 31.2 Å². The Hall–Kier alpha value is -1.20. The Morgan fingerprint density at radius 1 is 1.48 bits per heavy atom. The molecule has 0 N–H and O–H groups in total. The Morgan fingerprint density at radius 3 is 3.00 bits per heavy atom. The van der Waals surface area contributed by atoms with Gasteiger partial charge in [0.05, 0.1) is 6.54 Å². The van der Waals surface area contributed by atoms with Gasteiger partial charge in [-0.2, -0.15) is 0 Å². The highest BCUT2D eigenvalue weighted by molar-refractivity contribution is 7.10. The van der Waals surface area contributed by atoms with E-state index in [-0.39, 0.29) is 5.91 Å². The number of carbonyl (C=O) groups excluding carboxylic acids is 1. The van der Waals surface area contributed by atoms with E-state index >= 15 is 0 Å². The van der Waals surface area contributed by atoms with Crippen LogP contribution < -0.4 is 0 Å². The molecule has 114 valence electrons. The maximum atomic E-state index is 12.4. The fourth-order valence-corrected chi connectivity index (χ4v) is 3.86. The van der Waals surface area contributed by atoms with Gasteiger partial charge in [-0.05, 0) is 30.9 Å². The minimum absolute atomic E-state index is 0.279. The summed E-state index contributed by atoms with van der Waals surface area (Å²) in [6.07, 6.45) is 7.41. The fraction of sp³-hybridized carbons (Fsp3) is 0.625.